The SMILES string of the molecule is CC1(C)CC(C)(C)S(=O)(=O)C(C)(C)C1. The second kappa shape index (κ2) is 2.75. The molecule has 0 saturated carbocycles. The molecule has 0 amide bonds. The molecule has 1 heterocycles. The van der Waals surface area contributed by atoms with Crippen LogP contribution in [0.3, 0.4) is 0 Å². The minimum atomic E-state index is -3.01. The lowest BCUT2D eigenvalue weighted by Crippen LogP contribution is -2.54. The summed E-state index contributed by atoms with van der Waals surface area (Å²) < 4.78 is 23.3. The van der Waals surface area contributed by atoms with Crippen molar-refractivity contribution in [2.75, 3.05) is 0 Å². The van der Waals surface area contributed by atoms with Gasteiger partial charge in [-0.2, -0.15) is 0 Å². The van der Waals surface area contributed by atoms with E-state index < -0.39 is 19.3 Å². The molecule has 2 nitrogen and oxygen atoms in total. The van der Waals surface area contributed by atoms with Crippen molar-refractivity contribution in [1.29, 1.82) is 0 Å². The molecule has 1 aliphatic heterocycles. The van der Waals surface area contributed by atoms with E-state index in [1.54, 1.807) is 0 Å². The van der Waals surface area contributed by atoms with Crippen molar-refractivity contribution in [2.24, 2.45) is 5.41 Å². The van der Waals surface area contributed by atoms with Gasteiger partial charge in [-0.05, 0) is 46.0 Å². The number of sulfone groups is 1. The molecular formula is C11H22O2S. The van der Waals surface area contributed by atoms with Crippen LogP contribution in [0.25, 0.3) is 0 Å². The summed E-state index contributed by atoms with van der Waals surface area (Å²) in [5.41, 5.74) is 0.123. The molecule has 0 aromatic rings. The second-order valence-electron chi connectivity index (χ2n) is 6.54. The van der Waals surface area contributed by atoms with Gasteiger partial charge in [0.2, 0.25) is 0 Å². The van der Waals surface area contributed by atoms with Gasteiger partial charge in [0.15, 0.2) is 9.84 Å². The molecule has 0 atom stereocenters. The summed E-state index contributed by atoms with van der Waals surface area (Å²) in [7, 11) is -3.01. The lowest BCUT2D eigenvalue weighted by atomic mass is 9.76. The Morgan fingerprint density at radius 1 is 0.786 bits per heavy atom. The summed E-state index contributed by atoms with van der Waals surface area (Å²) in [6.07, 6.45) is 1.51. The Labute approximate surface area is 88.0 Å². The molecule has 0 spiro atoms. The summed E-state index contributed by atoms with van der Waals surface area (Å²) >= 11 is 0. The number of rotatable bonds is 0. The van der Waals surface area contributed by atoms with Crippen LogP contribution in [0.15, 0.2) is 0 Å². The number of hydrogen-bond acceptors (Lipinski definition) is 2. The average molecular weight is 218 g/mol. The Morgan fingerprint density at radius 2 is 1.07 bits per heavy atom. The Morgan fingerprint density at radius 3 is 1.36 bits per heavy atom. The van der Waals surface area contributed by atoms with Crippen molar-refractivity contribution in [1.82, 2.24) is 0 Å². The van der Waals surface area contributed by atoms with Gasteiger partial charge in [0.05, 0.1) is 9.49 Å². The molecule has 1 aliphatic rings. The standard InChI is InChI=1S/C11H22O2S/c1-9(2)7-10(3,4)14(12,13)11(5,6)8-9/h7-8H2,1-6H3. The van der Waals surface area contributed by atoms with E-state index in [1.807, 2.05) is 27.7 Å². The summed E-state index contributed by atoms with van der Waals surface area (Å²) in [4.78, 5) is 0. The number of hydrogen-bond donors (Lipinski definition) is 0. The van der Waals surface area contributed by atoms with Crippen LogP contribution in [0.5, 0.6) is 0 Å². The summed E-state index contributed by atoms with van der Waals surface area (Å²) in [6.45, 7) is 11.7. The van der Waals surface area contributed by atoms with Crippen LogP contribution in [0.4, 0.5) is 0 Å². The van der Waals surface area contributed by atoms with Crippen molar-refractivity contribution in [3.8, 4) is 0 Å². The third kappa shape index (κ3) is 1.60. The van der Waals surface area contributed by atoms with Crippen molar-refractivity contribution in [3.63, 3.8) is 0 Å². The molecule has 0 bridgehead atoms. The molecule has 0 aliphatic carbocycles. The first kappa shape index (κ1) is 12.0. The van der Waals surface area contributed by atoms with E-state index >= 15 is 0 Å². The zero-order chi connectivity index (χ0) is 11.4. The van der Waals surface area contributed by atoms with Crippen molar-refractivity contribution < 1.29 is 8.42 Å². The van der Waals surface area contributed by atoms with Gasteiger partial charge in [0.25, 0.3) is 0 Å². The maximum atomic E-state index is 12.2. The van der Waals surface area contributed by atoms with Gasteiger partial charge in [0, 0.05) is 0 Å². The van der Waals surface area contributed by atoms with Gasteiger partial charge in [-0.15, -0.1) is 0 Å². The maximum absolute atomic E-state index is 12.2. The summed E-state index contributed by atoms with van der Waals surface area (Å²) in [5.74, 6) is 0. The average Bonchev–Trinajstić information content (AvgIpc) is 1.77. The zero-order valence-electron chi connectivity index (χ0n) is 10.1. The van der Waals surface area contributed by atoms with Gasteiger partial charge in [-0.25, -0.2) is 8.42 Å². The smallest absolute Gasteiger partial charge is 0.160 e. The van der Waals surface area contributed by atoms with Gasteiger partial charge < -0.3 is 0 Å². The van der Waals surface area contributed by atoms with Crippen LogP contribution in [0.2, 0.25) is 0 Å². The molecule has 1 saturated heterocycles. The Bertz CT molecular complexity index is 308. The van der Waals surface area contributed by atoms with E-state index in [0.717, 1.165) is 12.8 Å². The zero-order valence-corrected chi connectivity index (χ0v) is 11.0. The van der Waals surface area contributed by atoms with Gasteiger partial charge in [-0.1, -0.05) is 13.8 Å². The maximum Gasteiger partial charge on any atom is 0.160 e. The van der Waals surface area contributed by atoms with Gasteiger partial charge in [0.1, 0.15) is 0 Å². The molecule has 0 unspecified atom stereocenters. The third-order valence-electron chi connectivity index (χ3n) is 3.26. The molecule has 1 fully saturated rings. The molecular weight excluding hydrogens is 196 g/mol. The molecule has 3 heteroatoms. The van der Waals surface area contributed by atoms with E-state index in [-0.39, 0.29) is 5.41 Å². The second-order valence-corrected chi connectivity index (χ2v) is 9.76. The van der Waals surface area contributed by atoms with Crippen LogP contribution in [-0.2, 0) is 9.84 Å². The van der Waals surface area contributed by atoms with Gasteiger partial charge in [-0.3, -0.25) is 0 Å². The first-order valence-electron chi connectivity index (χ1n) is 5.16. The summed E-state index contributed by atoms with van der Waals surface area (Å²) in [5, 5.41) is 0. The minimum Gasteiger partial charge on any atom is -0.228 e. The van der Waals surface area contributed by atoms with E-state index in [0.29, 0.717) is 0 Å². The van der Waals surface area contributed by atoms with E-state index in [9.17, 15) is 8.42 Å². The molecule has 0 radical (unpaired) electrons. The fourth-order valence-corrected chi connectivity index (χ4v) is 5.96. The lowest BCUT2D eigenvalue weighted by Gasteiger charge is -2.48. The largest absolute Gasteiger partial charge is 0.228 e. The highest BCUT2D eigenvalue weighted by Gasteiger charge is 2.54. The molecule has 0 N–H and O–H groups in total. The van der Waals surface area contributed by atoms with Crippen LogP contribution < -0.4 is 0 Å². The Hall–Kier alpha value is -0.0500. The first-order chi connectivity index (χ1) is 5.91. The molecule has 0 aromatic carbocycles. The molecule has 0 aromatic heterocycles. The third-order valence-corrected chi connectivity index (χ3v) is 6.46. The molecule has 84 valence electrons. The molecule has 1 rings (SSSR count). The predicted octanol–water partition coefficient (Wildman–Crippen LogP) is 2.78. The van der Waals surface area contributed by atoms with Crippen LogP contribution >= 0.6 is 0 Å². The minimum absolute atomic E-state index is 0.123. The fourth-order valence-electron chi connectivity index (χ4n) is 3.31. The summed E-state index contributed by atoms with van der Waals surface area (Å²) in [6, 6.07) is 0. The predicted molar refractivity (Wildman–Crippen MR) is 60.1 cm³/mol. The first-order valence-corrected chi connectivity index (χ1v) is 6.64. The fraction of sp³-hybridized carbons (Fsp3) is 1.00. The van der Waals surface area contributed by atoms with Crippen LogP contribution in [0.1, 0.15) is 54.4 Å². The highest BCUT2D eigenvalue weighted by Crippen LogP contribution is 2.49. The van der Waals surface area contributed by atoms with Crippen molar-refractivity contribution in [3.05, 3.63) is 0 Å². The Kier molecular flexibility index (Phi) is 2.36. The Balaban J connectivity index is 3.28. The highest BCUT2D eigenvalue weighted by atomic mass is 32.2. The van der Waals surface area contributed by atoms with Crippen molar-refractivity contribution in [2.45, 2.75) is 63.9 Å². The van der Waals surface area contributed by atoms with Crippen molar-refractivity contribution >= 4 is 9.84 Å². The van der Waals surface area contributed by atoms with E-state index in [4.69, 9.17) is 0 Å². The van der Waals surface area contributed by atoms with Gasteiger partial charge >= 0.3 is 0 Å². The highest BCUT2D eigenvalue weighted by molar-refractivity contribution is 7.94. The molecule has 14 heavy (non-hydrogen) atoms. The normalized spacial score (nSPS) is 32.4. The quantitative estimate of drug-likeness (QED) is 0.626. The topological polar surface area (TPSA) is 34.1 Å². The van der Waals surface area contributed by atoms with E-state index in [1.165, 1.54) is 0 Å². The van der Waals surface area contributed by atoms with Crippen LogP contribution in [0, 0.1) is 5.41 Å². The lowest BCUT2D eigenvalue weighted by molar-refractivity contribution is 0.220. The monoisotopic (exact) mass is 218 g/mol. The van der Waals surface area contributed by atoms with Crippen LogP contribution in [-0.4, -0.2) is 17.9 Å². The van der Waals surface area contributed by atoms with E-state index in [2.05, 4.69) is 13.8 Å².